The van der Waals surface area contributed by atoms with Crippen molar-refractivity contribution in [1.82, 2.24) is 10.2 Å². The van der Waals surface area contributed by atoms with E-state index in [9.17, 15) is 9.59 Å². The van der Waals surface area contributed by atoms with Crippen molar-refractivity contribution < 1.29 is 9.59 Å². The van der Waals surface area contributed by atoms with Gasteiger partial charge < -0.3 is 10.2 Å². The Morgan fingerprint density at radius 3 is 2.67 bits per heavy atom. The van der Waals surface area contributed by atoms with Gasteiger partial charge in [-0.05, 0) is 30.9 Å². The summed E-state index contributed by atoms with van der Waals surface area (Å²) in [6.45, 7) is 0.486. The Morgan fingerprint density at radius 1 is 1.17 bits per heavy atom. The number of nitrogens with one attached hydrogen (secondary N) is 1. The van der Waals surface area contributed by atoms with Crippen molar-refractivity contribution in [2.75, 3.05) is 0 Å². The highest BCUT2D eigenvalue weighted by Crippen LogP contribution is 2.26. The van der Waals surface area contributed by atoms with E-state index in [0.717, 1.165) is 24.8 Å². The van der Waals surface area contributed by atoms with Crippen LogP contribution in [0.2, 0.25) is 5.02 Å². The molecule has 24 heavy (non-hydrogen) atoms. The van der Waals surface area contributed by atoms with Gasteiger partial charge in [0.1, 0.15) is 0 Å². The molecule has 0 spiro atoms. The molecule has 3 rings (SSSR count). The Hall–Kier alpha value is -1.55. The van der Waals surface area contributed by atoms with Crippen molar-refractivity contribution in [3.05, 3.63) is 34.9 Å². The second kappa shape index (κ2) is 8.02. The molecule has 1 heterocycles. The SMILES string of the molecule is O=C(CC1CCC(=O)N1Cc1ccccc1Cl)NC1CCCCC1. The minimum absolute atomic E-state index is 0.0163. The van der Waals surface area contributed by atoms with E-state index in [1.165, 1.54) is 19.3 Å². The monoisotopic (exact) mass is 348 g/mol. The van der Waals surface area contributed by atoms with Crippen molar-refractivity contribution in [3.63, 3.8) is 0 Å². The lowest BCUT2D eigenvalue weighted by Gasteiger charge is -2.27. The van der Waals surface area contributed by atoms with Crippen LogP contribution in [0.15, 0.2) is 24.3 Å². The highest BCUT2D eigenvalue weighted by Gasteiger charge is 2.33. The Morgan fingerprint density at radius 2 is 1.92 bits per heavy atom. The molecule has 5 heteroatoms. The molecular weight excluding hydrogens is 324 g/mol. The molecule has 2 fully saturated rings. The zero-order chi connectivity index (χ0) is 16.9. The number of benzene rings is 1. The van der Waals surface area contributed by atoms with Crippen molar-refractivity contribution in [3.8, 4) is 0 Å². The molecule has 0 aromatic heterocycles. The number of halogens is 1. The van der Waals surface area contributed by atoms with Crippen molar-refractivity contribution in [2.24, 2.45) is 0 Å². The van der Waals surface area contributed by atoms with E-state index in [0.29, 0.717) is 30.5 Å². The molecule has 1 unspecified atom stereocenters. The van der Waals surface area contributed by atoms with Gasteiger partial charge in [0.05, 0.1) is 0 Å². The third-order valence-electron chi connectivity index (χ3n) is 5.14. The largest absolute Gasteiger partial charge is 0.353 e. The van der Waals surface area contributed by atoms with Crippen LogP contribution in [0.4, 0.5) is 0 Å². The van der Waals surface area contributed by atoms with Crippen LogP contribution in [-0.2, 0) is 16.1 Å². The quantitative estimate of drug-likeness (QED) is 0.882. The third kappa shape index (κ3) is 4.29. The summed E-state index contributed by atoms with van der Waals surface area (Å²) in [5.41, 5.74) is 0.937. The number of hydrogen-bond acceptors (Lipinski definition) is 2. The van der Waals surface area contributed by atoms with Gasteiger partial charge in [0, 0.05) is 36.5 Å². The minimum Gasteiger partial charge on any atom is -0.353 e. The summed E-state index contributed by atoms with van der Waals surface area (Å²) in [7, 11) is 0. The maximum atomic E-state index is 12.4. The predicted octanol–water partition coefficient (Wildman–Crippen LogP) is 3.67. The molecule has 1 aromatic rings. The van der Waals surface area contributed by atoms with E-state index in [1.54, 1.807) is 0 Å². The molecule has 1 saturated carbocycles. The molecule has 1 saturated heterocycles. The number of likely N-dealkylation sites (tertiary alicyclic amines) is 1. The summed E-state index contributed by atoms with van der Waals surface area (Å²) in [6, 6.07) is 7.88. The molecule has 1 aliphatic carbocycles. The molecule has 1 N–H and O–H groups in total. The zero-order valence-corrected chi connectivity index (χ0v) is 14.7. The molecule has 1 aliphatic heterocycles. The van der Waals surface area contributed by atoms with E-state index in [1.807, 2.05) is 29.2 Å². The van der Waals surface area contributed by atoms with Gasteiger partial charge in [-0.25, -0.2) is 0 Å². The van der Waals surface area contributed by atoms with Gasteiger partial charge in [-0.3, -0.25) is 9.59 Å². The third-order valence-corrected chi connectivity index (χ3v) is 5.51. The minimum atomic E-state index is -0.0163. The summed E-state index contributed by atoms with van der Waals surface area (Å²) < 4.78 is 0. The summed E-state index contributed by atoms with van der Waals surface area (Å²) in [5.74, 6) is 0.191. The topological polar surface area (TPSA) is 49.4 Å². The highest BCUT2D eigenvalue weighted by atomic mass is 35.5. The van der Waals surface area contributed by atoms with Gasteiger partial charge in [0.25, 0.3) is 0 Å². The number of amides is 2. The Bertz CT molecular complexity index is 599. The number of rotatable bonds is 5. The average Bonchev–Trinajstić information content (AvgIpc) is 2.91. The number of hydrogen-bond donors (Lipinski definition) is 1. The van der Waals surface area contributed by atoms with Crippen molar-refractivity contribution in [2.45, 2.75) is 70.0 Å². The first-order chi connectivity index (χ1) is 11.6. The van der Waals surface area contributed by atoms with E-state index < -0.39 is 0 Å². The van der Waals surface area contributed by atoms with Gasteiger partial charge in [0.15, 0.2) is 0 Å². The first-order valence-electron chi connectivity index (χ1n) is 8.95. The number of nitrogens with zero attached hydrogens (tertiary/aromatic N) is 1. The molecule has 4 nitrogen and oxygen atoms in total. The second-order valence-electron chi connectivity index (χ2n) is 6.91. The molecule has 0 bridgehead atoms. The first kappa shape index (κ1) is 17.3. The standard InChI is InChI=1S/C19H25ClN2O2/c20-17-9-5-4-6-14(17)13-22-16(10-11-19(22)24)12-18(23)21-15-7-2-1-3-8-15/h4-6,9,15-16H,1-3,7-8,10-13H2,(H,21,23). The molecule has 2 amide bonds. The van der Waals surface area contributed by atoms with Crippen LogP contribution in [0.5, 0.6) is 0 Å². The maximum absolute atomic E-state index is 12.4. The van der Waals surface area contributed by atoms with Crippen LogP contribution in [0, 0.1) is 0 Å². The average molecular weight is 349 g/mol. The first-order valence-corrected chi connectivity index (χ1v) is 9.33. The summed E-state index contributed by atoms with van der Waals surface area (Å²) in [4.78, 5) is 26.4. The van der Waals surface area contributed by atoms with Gasteiger partial charge in [0.2, 0.25) is 11.8 Å². The maximum Gasteiger partial charge on any atom is 0.223 e. The Balaban J connectivity index is 1.58. The highest BCUT2D eigenvalue weighted by molar-refractivity contribution is 6.31. The van der Waals surface area contributed by atoms with Gasteiger partial charge in [-0.15, -0.1) is 0 Å². The molecule has 130 valence electrons. The number of carbonyl (C=O) groups is 2. The normalized spacial score (nSPS) is 22.0. The smallest absolute Gasteiger partial charge is 0.223 e. The summed E-state index contributed by atoms with van der Waals surface area (Å²) >= 11 is 6.22. The summed E-state index contributed by atoms with van der Waals surface area (Å²) in [5, 5.41) is 3.82. The number of carbonyl (C=O) groups excluding carboxylic acids is 2. The van der Waals surface area contributed by atoms with Crippen LogP contribution in [-0.4, -0.2) is 28.8 Å². The van der Waals surface area contributed by atoms with Gasteiger partial charge in [-0.1, -0.05) is 49.1 Å². The Kier molecular flexibility index (Phi) is 5.77. The molecule has 0 radical (unpaired) electrons. The zero-order valence-electron chi connectivity index (χ0n) is 14.0. The van der Waals surface area contributed by atoms with Crippen LogP contribution in [0.25, 0.3) is 0 Å². The lowest BCUT2D eigenvalue weighted by Crippen LogP contribution is -2.41. The van der Waals surface area contributed by atoms with Crippen molar-refractivity contribution >= 4 is 23.4 Å². The predicted molar refractivity (Wildman–Crippen MR) is 94.7 cm³/mol. The van der Waals surface area contributed by atoms with E-state index in [-0.39, 0.29) is 17.9 Å². The van der Waals surface area contributed by atoms with Crippen LogP contribution in [0.1, 0.15) is 56.9 Å². The van der Waals surface area contributed by atoms with E-state index >= 15 is 0 Å². The fraction of sp³-hybridized carbons (Fsp3) is 0.579. The van der Waals surface area contributed by atoms with Gasteiger partial charge in [-0.2, -0.15) is 0 Å². The molecular formula is C19H25ClN2O2. The fourth-order valence-electron chi connectivity index (χ4n) is 3.78. The molecule has 1 aromatic carbocycles. The molecule has 1 atom stereocenters. The Labute approximate surface area is 148 Å². The van der Waals surface area contributed by atoms with Crippen LogP contribution in [0.3, 0.4) is 0 Å². The summed E-state index contributed by atoms with van der Waals surface area (Å²) in [6.07, 6.45) is 7.50. The molecule has 2 aliphatic rings. The van der Waals surface area contributed by atoms with Crippen LogP contribution >= 0.6 is 11.6 Å². The second-order valence-corrected chi connectivity index (χ2v) is 7.32. The van der Waals surface area contributed by atoms with Crippen molar-refractivity contribution in [1.29, 1.82) is 0 Å². The van der Waals surface area contributed by atoms with Gasteiger partial charge >= 0.3 is 0 Å². The fourth-order valence-corrected chi connectivity index (χ4v) is 3.98. The lowest BCUT2D eigenvalue weighted by molar-refractivity contribution is -0.130. The van der Waals surface area contributed by atoms with Crippen LogP contribution < -0.4 is 5.32 Å². The lowest BCUT2D eigenvalue weighted by atomic mass is 9.95. The van der Waals surface area contributed by atoms with E-state index in [2.05, 4.69) is 5.32 Å². The van der Waals surface area contributed by atoms with E-state index in [4.69, 9.17) is 11.6 Å².